The van der Waals surface area contributed by atoms with E-state index >= 15 is 0 Å². The Labute approximate surface area is 854 Å². The zero-order valence-electron chi connectivity index (χ0n) is 82.7. The molecule has 696 valence electrons. The lowest BCUT2D eigenvalue weighted by Gasteiger charge is -2.28. The average molecular weight is 1880 g/mol. The summed E-state index contributed by atoms with van der Waals surface area (Å²) >= 11 is 0. The number of hydrogen-bond donors (Lipinski definition) is 0. The minimum Gasteiger partial charge on any atom is -0.310 e. The van der Waals surface area contributed by atoms with Crippen molar-refractivity contribution in [3.8, 4) is 50.4 Å². The summed E-state index contributed by atoms with van der Waals surface area (Å²) in [5.74, 6) is 0. The third kappa shape index (κ3) is 14.0. The van der Waals surface area contributed by atoms with Gasteiger partial charge in [-0.25, -0.2) is 0 Å². The number of anilines is 9. The molecule has 3 aromatic heterocycles. The van der Waals surface area contributed by atoms with E-state index in [0.717, 1.165) is 51.2 Å². The highest BCUT2D eigenvalue weighted by Crippen LogP contribution is 2.58. The van der Waals surface area contributed by atoms with Crippen molar-refractivity contribution in [3.05, 3.63) is 543 Å². The van der Waals surface area contributed by atoms with Gasteiger partial charge in [0.2, 0.25) is 0 Å². The lowest BCUT2D eigenvalue weighted by molar-refractivity contribution is 0.661. The summed E-state index contributed by atoms with van der Waals surface area (Å²) in [6.07, 6.45) is 0. The van der Waals surface area contributed by atoms with Gasteiger partial charge in [0.15, 0.2) is 0 Å². The van der Waals surface area contributed by atoms with E-state index in [1.807, 2.05) is 0 Å². The number of aromatic nitrogens is 3. The first-order valence-electron chi connectivity index (χ1n) is 51.3. The Kier molecular flexibility index (Phi) is 20.0. The minimum absolute atomic E-state index is 0.124. The molecule has 27 aromatic rings. The Hall–Kier alpha value is -18.4. The van der Waals surface area contributed by atoms with Crippen LogP contribution >= 0.6 is 0 Å². The Balaban J connectivity index is 0.000000107. The van der Waals surface area contributed by atoms with E-state index in [1.54, 1.807) is 0 Å². The molecule has 0 saturated heterocycles. The van der Waals surface area contributed by atoms with Crippen LogP contribution in [0.4, 0.5) is 51.2 Å². The van der Waals surface area contributed by atoms with Gasteiger partial charge in [0.25, 0.3) is 0 Å². The SMILES string of the molecule is CC1(C)c2cc(N(c3ccccc3)c3ccc4c(c3)c3c5ccccc5ccc3n4-c3ccccc3)ccc2-c2cc3ccccc3cc21.CC1(C)c2cc(N(c3ccccc3)c3ccc4c(c3)c3cc5ccccc5cc3n4-c3ccccc3)ccc2-c2cc3ccccc3cc21.CC1(C)c2cc(N(c3ccccc3)c3ccc4c(c3)c3cc5ccccc5cc3n4-c3ccccc3)ccc2-c2ccc3ccccc3c21. The van der Waals surface area contributed by atoms with E-state index < -0.39 is 0 Å². The Morgan fingerprint density at radius 3 is 0.810 bits per heavy atom. The fraction of sp³-hybridized carbons (Fsp3) is 0.0638. The molecule has 0 aliphatic heterocycles. The molecular formula is C141H102N6. The van der Waals surface area contributed by atoms with Crippen LogP contribution in [0, 0.1) is 0 Å². The second-order valence-corrected chi connectivity index (χ2v) is 41.5. The van der Waals surface area contributed by atoms with Crippen LogP contribution in [0.5, 0.6) is 0 Å². The summed E-state index contributed by atoms with van der Waals surface area (Å²) in [5.41, 5.74) is 37.0. The zero-order valence-corrected chi connectivity index (χ0v) is 82.7. The second kappa shape index (κ2) is 33.9. The first-order chi connectivity index (χ1) is 72.2. The normalized spacial score (nSPS) is 13.3. The molecule has 3 aliphatic carbocycles. The number of rotatable bonds is 12. The quantitative estimate of drug-likeness (QED) is 0.122. The number of hydrogen-bond acceptors (Lipinski definition) is 3. The summed E-state index contributed by atoms with van der Waals surface area (Å²) in [5, 5.41) is 22.8. The van der Waals surface area contributed by atoms with Gasteiger partial charge in [-0.05, 0) is 350 Å². The molecule has 0 bridgehead atoms. The Bertz CT molecular complexity index is 9970. The van der Waals surface area contributed by atoms with Crippen molar-refractivity contribution in [1.29, 1.82) is 0 Å². The second-order valence-electron chi connectivity index (χ2n) is 41.5. The lowest BCUT2D eigenvalue weighted by atomic mass is 9.80. The molecular weight excluding hydrogens is 1780 g/mol. The maximum Gasteiger partial charge on any atom is 0.0547 e. The summed E-state index contributed by atoms with van der Waals surface area (Å²) in [6, 6.07) is 187. The molecule has 0 fully saturated rings. The van der Waals surface area contributed by atoms with Crippen LogP contribution in [0.1, 0.15) is 74.9 Å². The molecule has 0 unspecified atom stereocenters. The third-order valence-electron chi connectivity index (χ3n) is 32.1. The maximum atomic E-state index is 2.43. The van der Waals surface area contributed by atoms with Crippen molar-refractivity contribution in [2.24, 2.45) is 0 Å². The van der Waals surface area contributed by atoms with Gasteiger partial charge < -0.3 is 28.4 Å². The van der Waals surface area contributed by atoms with Gasteiger partial charge in [0, 0.05) is 117 Å². The summed E-state index contributed by atoms with van der Waals surface area (Å²) in [6.45, 7) is 14.3. The van der Waals surface area contributed by atoms with Gasteiger partial charge in [-0.2, -0.15) is 0 Å². The fourth-order valence-electron chi connectivity index (χ4n) is 25.0. The first-order valence-corrected chi connectivity index (χ1v) is 51.3. The van der Waals surface area contributed by atoms with Crippen molar-refractivity contribution >= 4 is 181 Å². The molecule has 3 heterocycles. The van der Waals surface area contributed by atoms with Crippen molar-refractivity contribution in [2.75, 3.05) is 14.7 Å². The molecule has 0 amide bonds. The topological polar surface area (TPSA) is 24.5 Å². The third-order valence-corrected chi connectivity index (χ3v) is 32.1. The van der Waals surface area contributed by atoms with Gasteiger partial charge in [0.1, 0.15) is 0 Å². The van der Waals surface area contributed by atoms with Gasteiger partial charge in [-0.15, -0.1) is 0 Å². The first kappa shape index (κ1) is 86.5. The van der Waals surface area contributed by atoms with E-state index in [1.165, 1.54) is 214 Å². The number of nitrogens with zero attached hydrogens (tertiary/aromatic N) is 6. The molecule has 0 radical (unpaired) electrons. The summed E-state index contributed by atoms with van der Waals surface area (Å²) in [7, 11) is 0. The molecule has 0 spiro atoms. The van der Waals surface area contributed by atoms with Crippen LogP contribution in [0.15, 0.2) is 510 Å². The zero-order chi connectivity index (χ0) is 98.1. The molecule has 0 N–H and O–H groups in total. The average Bonchev–Trinajstić information content (AvgIpc) is 1.55. The number of fused-ring (bicyclic) bond motifs is 26. The van der Waals surface area contributed by atoms with Crippen LogP contribution in [0.25, 0.3) is 180 Å². The van der Waals surface area contributed by atoms with Crippen LogP contribution < -0.4 is 14.7 Å². The maximum absolute atomic E-state index is 2.43. The molecule has 6 heteroatoms. The molecule has 30 rings (SSSR count). The van der Waals surface area contributed by atoms with Gasteiger partial charge in [0.05, 0.1) is 33.1 Å². The number of benzene rings is 24. The van der Waals surface area contributed by atoms with Gasteiger partial charge >= 0.3 is 0 Å². The molecule has 3 aliphatic rings. The van der Waals surface area contributed by atoms with Gasteiger partial charge in [-0.1, -0.05) is 333 Å². The summed E-state index contributed by atoms with van der Waals surface area (Å²) in [4.78, 5) is 7.26. The highest BCUT2D eigenvalue weighted by Gasteiger charge is 2.41. The van der Waals surface area contributed by atoms with Crippen LogP contribution in [-0.4, -0.2) is 13.7 Å². The van der Waals surface area contributed by atoms with Crippen molar-refractivity contribution in [2.45, 2.75) is 57.8 Å². The lowest BCUT2D eigenvalue weighted by Crippen LogP contribution is -2.17. The standard InChI is InChI=1S/3C47H34N2/c1-47(2)43-27-33-15-11-9-13-31(33)25-40(43)39-23-21-38(30-44(39)47)48(35-17-5-3-6-18-35)37-22-24-45-42(29-37)41-26-32-14-10-12-16-34(32)28-46(41)49(45)36-19-7-4-8-20-36;1-47(2)42-28-33-15-10-9-14-32(33)27-40(42)39-24-22-37(30-43(39)47)48(34-16-5-3-6-17-34)36-23-26-44-41(29-36)46-38-20-12-11-13-31(38)21-25-45(46)49(44)35-18-7-4-8-19-35;1-47(2)43-30-37(22-25-39(43)40-24-21-31-13-11-12-20-38(31)46(40)47)48(34-16-5-3-6-17-34)36-23-26-44-42(29-36)41-27-32-14-9-10-15-33(32)28-45(41)49(44)35-18-7-4-8-19-35/h3*3-30H,1-2H3. The van der Waals surface area contributed by atoms with Crippen molar-refractivity contribution < 1.29 is 0 Å². The molecule has 24 aromatic carbocycles. The van der Waals surface area contributed by atoms with E-state index in [9.17, 15) is 0 Å². The fourth-order valence-corrected chi connectivity index (χ4v) is 25.0. The van der Waals surface area contributed by atoms with E-state index in [2.05, 4.69) is 580 Å². The van der Waals surface area contributed by atoms with Crippen molar-refractivity contribution in [3.63, 3.8) is 0 Å². The highest BCUT2D eigenvalue weighted by atomic mass is 15.2. The largest absolute Gasteiger partial charge is 0.310 e. The van der Waals surface area contributed by atoms with Crippen LogP contribution in [-0.2, 0) is 16.2 Å². The predicted octanol–water partition coefficient (Wildman–Crippen LogP) is 38.6. The Morgan fingerprint density at radius 1 is 0.150 bits per heavy atom. The van der Waals surface area contributed by atoms with Crippen molar-refractivity contribution in [1.82, 2.24) is 13.7 Å². The van der Waals surface area contributed by atoms with Crippen LogP contribution in [0.2, 0.25) is 0 Å². The molecule has 0 atom stereocenters. The van der Waals surface area contributed by atoms with E-state index in [4.69, 9.17) is 0 Å². The molecule has 6 nitrogen and oxygen atoms in total. The molecule has 0 saturated carbocycles. The molecule has 147 heavy (non-hydrogen) atoms. The van der Waals surface area contributed by atoms with E-state index in [-0.39, 0.29) is 16.2 Å². The minimum atomic E-state index is -0.141. The van der Waals surface area contributed by atoms with Gasteiger partial charge in [-0.3, -0.25) is 0 Å². The smallest absolute Gasteiger partial charge is 0.0547 e. The van der Waals surface area contributed by atoms with Crippen LogP contribution in [0.3, 0.4) is 0 Å². The van der Waals surface area contributed by atoms with E-state index in [0.29, 0.717) is 0 Å². The monoisotopic (exact) mass is 1880 g/mol. The highest BCUT2D eigenvalue weighted by molar-refractivity contribution is 6.23. The number of para-hydroxylation sites is 6. The predicted molar refractivity (Wildman–Crippen MR) is 624 cm³/mol. The summed E-state index contributed by atoms with van der Waals surface area (Å²) < 4.78 is 7.23. The Morgan fingerprint density at radius 2 is 0.408 bits per heavy atom.